The predicted molar refractivity (Wildman–Crippen MR) is 86.5 cm³/mol. The summed E-state index contributed by atoms with van der Waals surface area (Å²) in [6.07, 6.45) is 2.02. The van der Waals surface area contributed by atoms with Crippen LogP contribution in [0.25, 0.3) is 22.2 Å². The van der Waals surface area contributed by atoms with Crippen LogP contribution in [-0.2, 0) is 11.3 Å². The van der Waals surface area contributed by atoms with Gasteiger partial charge >= 0.3 is 0 Å². The van der Waals surface area contributed by atoms with Crippen LogP contribution in [0.3, 0.4) is 0 Å². The zero-order valence-corrected chi connectivity index (χ0v) is 13.4. The molecule has 3 heterocycles. The van der Waals surface area contributed by atoms with Gasteiger partial charge in [0, 0.05) is 23.5 Å². The van der Waals surface area contributed by atoms with E-state index in [9.17, 15) is 22.4 Å². The van der Waals surface area contributed by atoms with Crippen LogP contribution >= 0.6 is 0 Å². The second-order valence-electron chi connectivity index (χ2n) is 6.19. The van der Waals surface area contributed by atoms with Gasteiger partial charge in [0.05, 0.1) is 24.1 Å². The second-order valence-corrected chi connectivity index (χ2v) is 6.19. The number of carbonyl (C=O) groups is 1. The largest absolute Gasteiger partial charge is 0.337 e. The molecule has 1 saturated heterocycles. The minimum absolute atomic E-state index is 0.0123. The molecular formula is C18H13F4N3O. The van der Waals surface area contributed by atoms with Gasteiger partial charge in [0.15, 0.2) is 17.5 Å². The molecule has 1 aromatic carbocycles. The highest BCUT2D eigenvalue weighted by Gasteiger charge is 2.30. The van der Waals surface area contributed by atoms with E-state index in [0.717, 1.165) is 12.1 Å². The van der Waals surface area contributed by atoms with Crippen molar-refractivity contribution >= 4 is 16.9 Å². The Kier molecular flexibility index (Phi) is 3.90. The van der Waals surface area contributed by atoms with Gasteiger partial charge in [-0.15, -0.1) is 0 Å². The number of aromatic nitrogens is 2. The molecule has 0 N–H and O–H groups in total. The quantitative estimate of drug-likeness (QED) is 0.529. The summed E-state index contributed by atoms with van der Waals surface area (Å²) in [4.78, 5) is 17.7. The van der Waals surface area contributed by atoms with Crippen molar-refractivity contribution in [2.45, 2.75) is 12.7 Å². The van der Waals surface area contributed by atoms with Gasteiger partial charge in [0.1, 0.15) is 12.7 Å². The van der Waals surface area contributed by atoms with Crippen LogP contribution in [0, 0.1) is 17.5 Å². The Bertz CT molecular complexity index is 1010. The van der Waals surface area contributed by atoms with Crippen LogP contribution in [0.15, 0.2) is 36.7 Å². The van der Waals surface area contributed by atoms with E-state index in [-0.39, 0.29) is 36.7 Å². The molecule has 4 rings (SSSR count). The molecule has 0 radical (unpaired) electrons. The van der Waals surface area contributed by atoms with Crippen molar-refractivity contribution in [2.24, 2.45) is 0 Å². The average molecular weight is 363 g/mol. The van der Waals surface area contributed by atoms with Crippen molar-refractivity contribution in [1.82, 2.24) is 14.5 Å². The third-order valence-electron chi connectivity index (χ3n) is 4.46. The molecule has 3 aromatic rings. The number of pyridine rings is 1. The maximum atomic E-state index is 14.0. The van der Waals surface area contributed by atoms with Gasteiger partial charge in [0.25, 0.3) is 0 Å². The zero-order chi connectivity index (χ0) is 18.4. The lowest BCUT2D eigenvalue weighted by Crippen LogP contribution is -2.52. The number of benzene rings is 1. The molecule has 4 nitrogen and oxygen atoms in total. The highest BCUT2D eigenvalue weighted by atomic mass is 19.2. The SMILES string of the molecule is O=C(Cn1ccc2ncc(-c3ccc(F)c(F)c3F)cc21)N1CC(F)C1. The van der Waals surface area contributed by atoms with Crippen molar-refractivity contribution < 1.29 is 22.4 Å². The Morgan fingerprint density at radius 1 is 1.15 bits per heavy atom. The number of hydrogen-bond acceptors (Lipinski definition) is 2. The van der Waals surface area contributed by atoms with Crippen LogP contribution in [0.5, 0.6) is 0 Å². The van der Waals surface area contributed by atoms with Gasteiger partial charge < -0.3 is 9.47 Å². The highest BCUT2D eigenvalue weighted by molar-refractivity contribution is 5.84. The first-order chi connectivity index (χ1) is 12.4. The summed E-state index contributed by atoms with van der Waals surface area (Å²) in [5, 5.41) is 0. The fraction of sp³-hybridized carbons (Fsp3) is 0.222. The first-order valence-corrected chi connectivity index (χ1v) is 7.94. The van der Waals surface area contributed by atoms with E-state index in [0.29, 0.717) is 11.0 Å². The summed E-state index contributed by atoms with van der Waals surface area (Å²) in [7, 11) is 0. The number of hydrogen-bond donors (Lipinski definition) is 0. The Morgan fingerprint density at radius 2 is 1.92 bits per heavy atom. The second kappa shape index (κ2) is 6.12. The lowest BCUT2D eigenvalue weighted by atomic mass is 10.1. The van der Waals surface area contributed by atoms with E-state index in [1.54, 1.807) is 22.9 Å². The van der Waals surface area contributed by atoms with Crippen LogP contribution in [0.2, 0.25) is 0 Å². The topological polar surface area (TPSA) is 38.1 Å². The molecule has 0 saturated carbocycles. The number of alkyl halides is 1. The summed E-state index contributed by atoms with van der Waals surface area (Å²) in [6.45, 7) is 0.158. The van der Waals surface area contributed by atoms with Gasteiger partial charge in [-0.1, -0.05) is 0 Å². The zero-order valence-electron chi connectivity index (χ0n) is 13.4. The Balaban J connectivity index is 1.69. The lowest BCUT2D eigenvalue weighted by Gasteiger charge is -2.34. The number of nitrogens with zero attached hydrogens (tertiary/aromatic N) is 3. The van der Waals surface area contributed by atoms with E-state index in [1.165, 1.54) is 11.1 Å². The maximum Gasteiger partial charge on any atom is 0.242 e. The third kappa shape index (κ3) is 2.71. The number of rotatable bonds is 3. The standard InChI is InChI=1S/C18H13F4N3O/c19-11-7-25(8-11)16(26)9-24-4-3-14-15(24)5-10(6-23-14)12-1-2-13(20)18(22)17(12)21/h1-6,11H,7-9H2. The molecule has 2 aromatic heterocycles. The summed E-state index contributed by atoms with van der Waals surface area (Å²) in [5.41, 5.74) is 1.24. The Morgan fingerprint density at radius 3 is 2.65 bits per heavy atom. The first kappa shape index (κ1) is 16.6. The number of halogens is 4. The fourth-order valence-electron chi connectivity index (χ4n) is 2.97. The fourth-order valence-corrected chi connectivity index (χ4v) is 2.97. The Labute approximate surface area is 145 Å². The van der Waals surface area contributed by atoms with Crippen LogP contribution in [0.1, 0.15) is 0 Å². The molecule has 26 heavy (non-hydrogen) atoms. The molecule has 0 unspecified atom stereocenters. The minimum Gasteiger partial charge on any atom is -0.337 e. The van der Waals surface area contributed by atoms with Gasteiger partial charge in [0.2, 0.25) is 5.91 Å². The molecule has 1 aliphatic heterocycles. The van der Waals surface area contributed by atoms with Crippen molar-refractivity contribution in [3.8, 4) is 11.1 Å². The molecule has 1 fully saturated rings. The van der Waals surface area contributed by atoms with Crippen LogP contribution < -0.4 is 0 Å². The molecule has 1 aliphatic rings. The van der Waals surface area contributed by atoms with E-state index in [4.69, 9.17) is 0 Å². The number of carbonyl (C=O) groups excluding carboxylic acids is 1. The van der Waals surface area contributed by atoms with Gasteiger partial charge in [-0.25, -0.2) is 17.6 Å². The molecule has 134 valence electrons. The van der Waals surface area contributed by atoms with E-state index in [1.807, 2.05) is 0 Å². The summed E-state index contributed by atoms with van der Waals surface area (Å²) >= 11 is 0. The van der Waals surface area contributed by atoms with Crippen molar-refractivity contribution in [1.29, 1.82) is 0 Å². The third-order valence-corrected chi connectivity index (χ3v) is 4.46. The first-order valence-electron chi connectivity index (χ1n) is 7.94. The van der Waals surface area contributed by atoms with Crippen molar-refractivity contribution in [3.05, 3.63) is 54.1 Å². The molecule has 1 amide bonds. The molecule has 0 spiro atoms. The minimum atomic E-state index is -1.55. The molecule has 0 atom stereocenters. The highest BCUT2D eigenvalue weighted by Crippen LogP contribution is 2.28. The normalized spacial score (nSPS) is 14.7. The van der Waals surface area contributed by atoms with Gasteiger partial charge in [-0.2, -0.15) is 0 Å². The summed E-state index contributed by atoms with van der Waals surface area (Å²) in [6, 6.07) is 5.22. The summed E-state index contributed by atoms with van der Waals surface area (Å²) < 4.78 is 55.2. The number of likely N-dealkylation sites (tertiary alicyclic amines) is 1. The van der Waals surface area contributed by atoms with Crippen molar-refractivity contribution in [2.75, 3.05) is 13.1 Å². The molecule has 0 aliphatic carbocycles. The van der Waals surface area contributed by atoms with E-state index in [2.05, 4.69) is 4.98 Å². The predicted octanol–water partition coefficient (Wildman–Crippen LogP) is 3.30. The lowest BCUT2D eigenvalue weighted by molar-refractivity contribution is -0.138. The Hall–Kier alpha value is -2.90. The summed E-state index contributed by atoms with van der Waals surface area (Å²) in [5.74, 6) is -4.35. The smallest absolute Gasteiger partial charge is 0.242 e. The van der Waals surface area contributed by atoms with E-state index < -0.39 is 23.6 Å². The average Bonchev–Trinajstić information content (AvgIpc) is 2.99. The molecule has 8 heteroatoms. The molecular weight excluding hydrogens is 350 g/mol. The maximum absolute atomic E-state index is 14.0. The van der Waals surface area contributed by atoms with Crippen LogP contribution in [-0.4, -0.2) is 39.6 Å². The van der Waals surface area contributed by atoms with Gasteiger partial charge in [-0.05, 0) is 24.3 Å². The van der Waals surface area contributed by atoms with Gasteiger partial charge in [-0.3, -0.25) is 9.78 Å². The van der Waals surface area contributed by atoms with Crippen LogP contribution in [0.4, 0.5) is 17.6 Å². The molecule has 0 bridgehead atoms. The van der Waals surface area contributed by atoms with Crippen molar-refractivity contribution in [3.63, 3.8) is 0 Å². The number of fused-ring (bicyclic) bond motifs is 1. The van der Waals surface area contributed by atoms with E-state index >= 15 is 0 Å². The number of amides is 1. The monoisotopic (exact) mass is 363 g/mol.